The third kappa shape index (κ3) is 2.81. The van der Waals surface area contributed by atoms with Crippen LogP contribution >= 0.6 is 0 Å². The minimum absolute atomic E-state index is 0.220. The van der Waals surface area contributed by atoms with Gasteiger partial charge in [0.15, 0.2) is 0 Å². The Morgan fingerprint density at radius 3 is 2.33 bits per heavy atom. The molecule has 0 bridgehead atoms. The number of carboxylic acid groups (broad SMARTS) is 1. The van der Waals surface area contributed by atoms with Gasteiger partial charge in [0.2, 0.25) is 0 Å². The molecule has 1 N–H and O–H groups in total. The number of hydrogen-bond acceptors (Lipinski definition) is 2. The Morgan fingerprint density at radius 2 is 1.92 bits per heavy atom. The maximum Gasteiger partial charge on any atom is 0.303 e. The molecule has 1 aliphatic heterocycles. The first-order valence-electron chi connectivity index (χ1n) is 4.45. The van der Waals surface area contributed by atoms with E-state index in [9.17, 15) is 4.79 Å². The van der Waals surface area contributed by atoms with Crippen LogP contribution in [-0.2, 0) is 9.53 Å². The van der Waals surface area contributed by atoms with Crippen molar-refractivity contribution in [3.05, 3.63) is 0 Å². The van der Waals surface area contributed by atoms with Crippen LogP contribution in [-0.4, -0.2) is 23.3 Å². The largest absolute Gasteiger partial charge is 0.481 e. The maximum atomic E-state index is 10.4. The highest BCUT2D eigenvalue weighted by atomic mass is 16.5. The zero-order valence-corrected chi connectivity index (χ0v) is 7.62. The van der Waals surface area contributed by atoms with Crippen LogP contribution in [0.15, 0.2) is 0 Å². The third-order valence-corrected chi connectivity index (χ3v) is 2.26. The van der Waals surface area contributed by atoms with Gasteiger partial charge >= 0.3 is 5.97 Å². The number of hydrogen-bond donors (Lipinski definition) is 1. The molecule has 70 valence electrons. The molecule has 1 fully saturated rings. The van der Waals surface area contributed by atoms with Gasteiger partial charge in [0.05, 0.1) is 12.2 Å². The van der Waals surface area contributed by atoms with Gasteiger partial charge < -0.3 is 9.84 Å². The van der Waals surface area contributed by atoms with Gasteiger partial charge in [0.25, 0.3) is 0 Å². The molecule has 0 aromatic rings. The lowest BCUT2D eigenvalue weighted by Crippen LogP contribution is -2.30. The van der Waals surface area contributed by atoms with E-state index in [0.717, 1.165) is 12.8 Å². The monoisotopic (exact) mass is 172 g/mol. The van der Waals surface area contributed by atoms with E-state index in [4.69, 9.17) is 9.84 Å². The molecule has 2 atom stereocenters. The summed E-state index contributed by atoms with van der Waals surface area (Å²) in [5, 5.41) is 8.60. The fourth-order valence-electron chi connectivity index (χ4n) is 1.96. The number of carboxylic acids is 1. The molecule has 12 heavy (non-hydrogen) atoms. The van der Waals surface area contributed by atoms with Gasteiger partial charge in [0, 0.05) is 6.42 Å². The lowest BCUT2D eigenvalue weighted by Gasteiger charge is -2.31. The molecule has 1 heterocycles. The Bertz CT molecular complexity index is 157. The van der Waals surface area contributed by atoms with Crippen molar-refractivity contribution in [1.29, 1.82) is 0 Å². The fourth-order valence-corrected chi connectivity index (χ4v) is 1.96. The van der Waals surface area contributed by atoms with Gasteiger partial charge in [-0.2, -0.15) is 0 Å². The van der Waals surface area contributed by atoms with E-state index in [1.54, 1.807) is 0 Å². The van der Waals surface area contributed by atoms with Crippen LogP contribution in [0.2, 0.25) is 0 Å². The maximum absolute atomic E-state index is 10.4. The van der Waals surface area contributed by atoms with Crippen molar-refractivity contribution in [1.82, 2.24) is 0 Å². The second kappa shape index (κ2) is 3.90. The summed E-state index contributed by atoms with van der Waals surface area (Å²) in [5.74, 6) is -0.387. The zero-order chi connectivity index (χ0) is 9.14. The van der Waals surface area contributed by atoms with Crippen LogP contribution in [0.4, 0.5) is 0 Å². The quantitative estimate of drug-likeness (QED) is 0.689. The second-order valence-corrected chi connectivity index (χ2v) is 3.69. The Morgan fingerprint density at radius 1 is 1.42 bits per heavy atom. The van der Waals surface area contributed by atoms with Crippen LogP contribution in [0.25, 0.3) is 0 Å². The topological polar surface area (TPSA) is 46.5 Å². The van der Waals surface area contributed by atoms with Crippen molar-refractivity contribution in [3.63, 3.8) is 0 Å². The molecule has 0 saturated carbocycles. The minimum Gasteiger partial charge on any atom is -0.481 e. The lowest BCUT2D eigenvalue weighted by molar-refractivity contribution is -0.140. The molecule has 0 aromatic heterocycles. The van der Waals surface area contributed by atoms with E-state index in [1.807, 2.05) is 13.8 Å². The first-order valence-corrected chi connectivity index (χ1v) is 4.45. The SMILES string of the molecule is C[C@@H]1CC(CC(=O)O)C[C@@H](C)O1. The van der Waals surface area contributed by atoms with Crippen molar-refractivity contribution in [2.24, 2.45) is 5.92 Å². The van der Waals surface area contributed by atoms with E-state index in [2.05, 4.69) is 0 Å². The Kier molecular flexibility index (Phi) is 3.09. The highest BCUT2D eigenvalue weighted by molar-refractivity contribution is 5.67. The molecule has 1 saturated heterocycles. The summed E-state index contributed by atoms with van der Waals surface area (Å²) in [6.07, 6.45) is 2.50. The van der Waals surface area contributed by atoms with Crippen molar-refractivity contribution in [2.75, 3.05) is 0 Å². The summed E-state index contributed by atoms with van der Waals surface area (Å²) >= 11 is 0. The molecule has 0 aromatic carbocycles. The molecule has 1 rings (SSSR count). The first kappa shape index (κ1) is 9.52. The summed E-state index contributed by atoms with van der Waals surface area (Å²) < 4.78 is 5.51. The predicted octanol–water partition coefficient (Wildman–Crippen LogP) is 1.66. The summed E-state index contributed by atoms with van der Waals surface area (Å²) in [4.78, 5) is 10.4. The average Bonchev–Trinajstić information content (AvgIpc) is 1.81. The third-order valence-electron chi connectivity index (χ3n) is 2.26. The Labute approximate surface area is 72.7 Å². The zero-order valence-electron chi connectivity index (χ0n) is 7.62. The highest BCUT2D eigenvalue weighted by Gasteiger charge is 2.25. The second-order valence-electron chi connectivity index (χ2n) is 3.69. The van der Waals surface area contributed by atoms with E-state index < -0.39 is 5.97 Å². The average molecular weight is 172 g/mol. The van der Waals surface area contributed by atoms with Crippen molar-refractivity contribution in [2.45, 2.75) is 45.3 Å². The minimum atomic E-state index is -0.693. The number of ether oxygens (including phenoxy) is 1. The lowest BCUT2D eigenvalue weighted by atomic mass is 9.90. The van der Waals surface area contributed by atoms with Crippen molar-refractivity contribution in [3.8, 4) is 0 Å². The Balaban J connectivity index is 2.38. The number of aliphatic carboxylic acids is 1. The summed E-state index contributed by atoms with van der Waals surface area (Å²) in [6, 6.07) is 0. The smallest absolute Gasteiger partial charge is 0.303 e. The van der Waals surface area contributed by atoms with Crippen LogP contribution in [0, 0.1) is 5.92 Å². The molecule has 3 nitrogen and oxygen atoms in total. The van der Waals surface area contributed by atoms with E-state index in [-0.39, 0.29) is 18.6 Å². The van der Waals surface area contributed by atoms with Gasteiger partial charge in [-0.3, -0.25) is 4.79 Å². The van der Waals surface area contributed by atoms with Gasteiger partial charge in [-0.1, -0.05) is 0 Å². The predicted molar refractivity (Wildman–Crippen MR) is 45.0 cm³/mol. The molecule has 0 radical (unpaired) electrons. The van der Waals surface area contributed by atoms with E-state index in [1.165, 1.54) is 0 Å². The molecular formula is C9H16O3. The van der Waals surface area contributed by atoms with Gasteiger partial charge in [0.1, 0.15) is 0 Å². The Hall–Kier alpha value is -0.570. The van der Waals surface area contributed by atoms with Crippen LogP contribution in [0.1, 0.15) is 33.1 Å². The van der Waals surface area contributed by atoms with Crippen LogP contribution < -0.4 is 0 Å². The normalized spacial score (nSPS) is 36.3. The molecule has 0 aliphatic carbocycles. The van der Waals surface area contributed by atoms with Crippen LogP contribution in [0.5, 0.6) is 0 Å². The number of rotatable bonds is 2. The highest BCUT2D eigenvalue weighted by Crippen LogP contribution is 2.26. The summed E-state index contributed by atoms with van der Waals surface area (Å²) in [6.45, 7) is 4.01. The van der Waals surface area contributed by atoms with Crippen molar-refractivity contribution >= 4 is 5.97 Å². The van der Waals surface area contributed by atoms with Gasteiger partial charge in [-0.05, 0) is 32.6 Å². The molecular weight excluding hydrogens is 156 g/mol. The standard InChI is InChI=1S/C9H16O3/c1-6-3-8(5-9(10)11)4-7(2)12-6/h6-8H,3-5H2,1-2H3,(H,10,11)/t6-,7-/m1/s1. The molecule has 0 amide bonds. The van der Waals surface area contributed by atoms with E-state index in [0.29, 0.717) is 5.92 Å². The summed E-state index contributed by atoms with van der Waals surface area (Å²) in [7, 11) is 0. The molecule has 3 heteroatoms. The van der Waals surface area contributed by atoms with Gasteiger partial charge in [-0.25, -0.2) is 0 Å². The van der Waals surface area contributed by atoms with Gasteiger partial charge in [-0.15, -0.1) is 0 Å². The van der Waals surface area contributed by atoms with Crippen molar-refractivity contribution < 1.29 is 14.6 Å². The summed E-state index contributed by atoms with van der Waals surface area (Å²) in [5.41, 5.74) is 0. The van der Waals surface area contributed by atoms with Crippen LogP contribution in [0.3, 0.4) is 0 Å². The fraction of sp³-hybridized carbons (Fsp3) is 0.889. The molecule has 1 aliphatic rings. The first-order chi connectivity index (χ1) is 5.58. The molecule has 0 spiro atoms. The van der Waals surface area contributed by atoms with E-state index >= 15 is 0 Å². The molecule has 0 unspecified atom stereocenters. The number of carbonyl (C=O) groups is 1.